The van der Waals surface area contributed by atoms with Crippen molar-refractivity contribution in [2.24, 2.45) is 0 Å². The van der Waals surface area contributed by atoms with Crippen LogP contribution >= 0.6 is 0 Å². The Morgan fingerprint density at radius 1 is 1.19 bits per heavy atom. The fourth-order valence-electron chi connectivity index (χ4n) is 3.16. The van der Waals surface area contributed by atoms with Crippen molar-refractivity contribution in [1.82, 2.24) is 0 Å². The van der Waals surface area contributed by atoms with Gasteiger partial charge in [0.25, 0.3) is 5.69 Å². The number of piperidine rings is 1. The molecule has 1 aliphatic rings. The number of nitro benzene ring substituents is 1. The molecule has 0 radical (unpaired) electrons. The monoisotopic (exact) mass is 371 g/mol. The highest BCUT2D eigenvalue weighted by Gasteiger charge is 2.23. The van der Waals surface area contributed by atoms with Crippen LogP contribution in [0.1, 0.15) is 19.3 Å². The van der Waals surface area contributed by atoms with E-state index >= 15 is 0 Å². The van der Waals surface area contributed by atoms with E-state index in [-0.39, 0.29) is 11.4 Å². The van der Waals surface area contributed by atoms with Crippen molar-refractivity contribution in [2.45, 2.75) is 19.3 Å². The lowest BCUT2D eigenvalue weighted by atomic mass is 10.1. The van der Waals surface area contributed by atoms with Crippen LogP contribution in [0.4, 0.5) is 21.9 Å². The van der Waals surface area contributed by atoms with Crippen LogP contribution in [0.5, 0.6) is 11.5 Å². The van der Waals surface area contributed by atoms with Crippen molar-refractivity contribution in [3.8, 4) is 11.5 Å². The van der Waals surface area contributed by atoms with Crippen molar-refractivity contribution in [3.05, 3.63) is 52.6 Å². The van der Waals surface area contributed by atoms with Gasteiger partial charge in [0.05, 0.1) is 10.6 Å². The molecule has 0 atom stereocenters. The lowest BCUT2D eigenvalue weighted by Crippen LogP contribution is -2.29. The first-order chi connectivity index (χ1) is 13.0. The molecule has 0 bridgehead atoms. The van der Waals surface area contributed by atoms with Crippen LogP contribution in [0.2, 0.25) is 0 Å². The summed E-state index contributed by atoms with van der Waals surface area (Å²) in [6.07, 6.45) is 2.18. The number of hydrogen-bond donors (Lipinski definition) is 1. The third-order valence-electron chi connectivity index (χ3n) is 4.58. The second kappa shape index (κ2) is 7.94. The van der Waals surface area contributed by atoms with E-state index in [9.17, 15) is 20.0 Å². The fourth-order valence-corrected chi connectivity index (χ4v) is 3.16. The number of carbonyl (C=O) groups is 1. The molecule has 1 fully saturated rings. The molecule has 3 rings (SSSR count). The zero-order valence-corrected chi connectivity index (χ0v) is 15.0. The molecular formula is C19H21N3O5. The normalized spacial score (nSPS) is 13.9. The van der Waals surface area contributed by atoms with Gasteiger partial charge >= 0.3 is 6.09 Å². The van der Waals surface area contributed by atoms with Crippen molar-refractivity contribution >= 4 is 23.2 Å². The highest BCUT2D eigenvalue weighted by Crippen LogP contribution is 2.37. The van der Waals surface area contributed by atoms with Gasteiger partial charge in [0.2, 0.25) is 0 Å². The van der Waals surface area contributed by atoms with E-state index in [1.807, 2.05) is 24.3 Å². The number of carboxylic acid groups (broad SMARTS) is 1. The predicted molar refractivity (Wildman–Crippen MR) is 102 cm³/mol. The summed E-state index contributed by atoms with van der Waals surface area (Å²) in [5.41, 5.74) is 0.626. The number of hydrogen-bond acceptors (Lipinski definition) is 5. The summed E-state index contributed by atoms with van der Waals surface area (Å²) in [6.45, 7) is 1.90. The van der Waals surface area contributed by atoms with E-state index in [1.165, 1.54) is 31.7 Å². The second-order valence-corrected chi connectivity index (χ2v) is 6.37. The lowest BCUT2D eigenvalue weighted by Gasteiger charge is -2.30. The first kappa shape index (κ1) is 18.5. The summed E-state index contributed by atoms with van der Waals surface area (Å²) in [6, 6.07) is 11.7. The Labute approximate surface area is 156 Å². The van der Waals surface area contributed by atoms with Crippen LogP contribution in [0.3, 0.4) is 0 Å². The molecule has 0 spiro atoms. The topological polar surface area (TPSA) is 96.2 Å². The maximum absolute atomic E-state index is 11.3. The molecule has 0 aromatic heterocycles. The average Bonchev–Trinajstić information content (AvgIpc) is 2.68. The van der Waals surface area contributed by atoms with Gasteiger partial charge in [0.15, 0.2) is 5.75 Å². The van der Waals surface area contributed by atoms with Gasteiger partial charge < -0.3 is 14.7 Å². The van der Waals surface area contributed by atoms with Crippen LogP contribution in [0.25, 0.3) is 0 Å². The zero-order chi connectivity index (χ0) is 19.4. The summed E-state index contributed by atoms with van der Waals surface area (Å²) < 4.78 is 5.98. The van der Waals surface area contributed by atoms with Crippen LogP contribution in [-0.2, 0) is 0 Å². The summed E-state index contributed by atoms with van der Waals surface area (Å²) >= 11 is 0. The minimum atomic E-state index is -1.29. The Kier molecular flexibility index (Phi) is 5.44. The summed E-state index contributed by atoms with van der Waals surface area (Å²) in [4.78, 5) is 24.9. The van der Waals surface area contributed by atoms with Gasteiger partial charge in [-0.2, -0.15) is 0 Å². The molecule has 0 unspecified atom stereocenters. The zero-order valence-electron chi connectivity index (χ0n) is 15.0. The minimum Gasteiger partial charge on any atom is -0.465 e. The van der Waals surface area contributed by atoms with Crippen LogP contribution in [0.15, 0.2) is 42.5 Å². The standard InChI is InChI=1S/C19H21N3O5/c1-20(19(23)24)17-13-14(9-10-15(17)22(25)26)27-18-8-4-3-7-16(18)21-11-5-2-6-12-21/h3-4,7-10,13H,2,5-6,11-12H2,1H3,(H,23,24). The van der Waals surface area contributed by atoms with E-state index in [0.29, 0.717) is 11.5 Å². The number of para-hydroxylation sites is 2. The molecule has 1 aliphatic heterocycles. The highest BCUT2D eigenvalue weighted by atomic mass is 16.6. The third-order valence-corrected chi connectivity index (χ3v) is 4.58. The number of anilines is 2. The largest absolute Gasteiger partial charge is 0.465 e. The first-order valence-corrected chi connectivity index (χ1v) is 8.74. The molecule has 142 valence electrons. The number of ether oxygens (including phenoxy) is 1. The van der Waals surface area contributed by atoms with Gasteiger partial charge in [-0.15, -0.1) is 0 Å². The van der Waals surface area contributed by atoms with Gasteiger partial charge in [-0.25, -0.2) is 4.79 Å². The Morgan fingerprint density at radius 3 is 2.56 bits per heavy atom. The van der Waals surface area contributed by atoms with E-state index < -0.39 is 11.0 Å². The van der Waals surface area contributed by atoms with Gasteiger partial charge in [-0.3, -0.25) is 15.0 Å². The maximum atomic E-state index is 11.3. The molecule has 2 aromatic carbocycles. The van der Waals surface area contributed by atoms with Crippen LogP contribution < -0.4 is 14.5 Å². The van der Waals surface area contributed by atoms with E-state index in [0.717, 1.165) is 36.5 Å². The maximum Gasteiger partial charge on any atom is 0.411 e. The molecule has 0 aliphatic carbocycles. The number of benzene rings is 2. The van der Waals surface area contributed by atoms with Crippen molar-refractivity contribution < 1.29 is 19.6 Å². The van der Waals surface area contributed by atoms with Crippen molar-refractivity contribution in [1.29, 1.82) is 0 Å². The third kappa shape index (κ3) is 4.11. The molecular weight excluding hydrogens is 350 g/mol. The average molecular weight is 371 g/mol. The van der Waals surface area contributed by atoms with Gasteiger partial charge in [-0.1, -0.05) is 12.1 Å². The number of nitrogens with zero attached hydrogens (tertiary/aromatic N) is 3. The molecule has 1 N–H and O–H groups in total. The van der Waals surface area contributed by atoms with Crippen molar-refractivity contribution in [3.63, 3.8) is 0 Å². The molecule has 27 heavy (non-hydrogen) atoms. The fraction of sp³-hybridized carbons (Fsp3) is 0.316. The van der Waals surface area contributed by atoms with Gasteiger partial charge in [-0.05, 0) is 37.5 Å². The Bertz CT molecular complexity index is 849. The van der Waals surface area contributed by atoms with Gasteiger partial charge in [0, 0.05) is 32.3 Å². The summed E-state index contributed by atoms with van der Waals surface area (Å²) in [5, 5.41) is 20.4. The van der Waals surface area contributed by atoms with E-state index in [1.54, 1.807) is 0 Å². The number of rotatable bonds is 5. The Morgan fingerprint density at radius 2 is 1.89 bits per heavy atom. The van der Waals surface area contributed by atoms with Crippen LogP contribution in [-0.4, -0.2) is 36.3 Å². The van der Waals surface area contributed by atoms with E-state index in [2.05, 4.69) is 4.90 Å². The molecule has 8 nitrogen and oxygen atoms in total. The predicted octanol–water partition coefficient (Wildman–Crippen LogP) is 4.49. The SMILES string of the molecule is CN(C(=O)O)c1cc(Oc2ccccc2N2CCCCC2)ccc1[N+](=O)[O-]. The number of nitro groups is 1. The molecule has 2 aromatic rings. The molecule has 0 saturated carbocycles. The minimum absolute atomic E-state index is 0.0412. The second-order valence-electron chi connectivity index (χ2n) is 6.37. The lowest BCUT2D eigenvalue weighted by molar-refractivity contribution is -0.384. The molecule has 1 heterocycles. The Balaban J connectivity index is 1.93. The van der Waals surface area contributed by atoms with Gasteiger partial charge in [0.1, 0.15) is 11.4 Å². The molecule has 8 heteroatoms. The molecule has 1 saturated heterocycles. The van der Waals surface area contributed by atoms with Crippen LogP contribution in [0, 0.1) is 10.1 Å². The highest BCUT2D eigenvalue weighted by molar-refractivity contribution is 5.89. The Hall–Kier alpha value is -3.29. The van der Waals surface area contributed by atoms with Crippen molar-refractivity contribution in [2.75, 3.05) is 29.9 Å². The summed E-state index contributed by atoms with van der Waals surface area (Å²) in [5.74, 6) is 0.977. The summed E-state index contributed by atoms with van der Waals surface area (Å²) in [7, 11) is 1.26. The quantitative estimate of drug-likeness (QED) is 0.614. The number of amides is 1. The van der Waals surface area contributed by atoms with E-state index in [4.69, 9.17) is 4.74 Å². The first-order valence-electron chi connectivity index (χ1n) is 8.74. The smallest absolute Gasteiger partial charge is 0.411 e. The molecule has 1 amide bonds.